The molecule has 3 aromatic rings. The van der Waals surface area contributed by atoms with Gasteiger partial charge in [0.25, 0.3) is 0 Å². The molecule has 33 heavy (non-hydrogen) atoms. The second kappa shape index (κ2) is 10.1. The number of nitrogens with zero attached hydrogens (tertiary/aromatic N) is 2. The van der Waals surface area contributed by atoms with Crippen LogP contribution in [0.15, 0.2) is 60.4 Å². The van der Waals surface area contributed by atoms with Crippen molar-refractivity contribution in [3.63, 3.8) is 0 Å². The number of benzene rings is 2. The fraction of sp³-hybridized carbons (Fsp3) is 0.208. The van der Waals surface area contributed by atoms with E-state index < -0.39 is 37.5 Å². The highest BCUT2D eigenvalue weighted by molar-refractivity contribution is 7.62. The minimum atomic E-state index is -4.10. The van der Waals surface area contributed by atoms with Gasteiger partial charge in [-0.15, -0.1) is 0 Å². The van der Waals surface area contributed by atoms with Crippen LogP contribution < -0.4 is 0 Å². The Morgan fingerprint density at radius 1 is 1.12 bits per heavy atom. The largest absolute Gasteiger partial charge is 0.481 e. The van der Waals surface area contributed by atoms with E-state index in [4.69, 9.17) is 10.1 Å². The van der Waals surface area contributed by atoms with Crippen LogP contribution in [0.1, 0.15) is 37.6 Å². The van der Waals surface area contributed by atoms with Gasteiger partial charge in [0.2, 0.25) is 7.37 Å². The Kier molecular flexibility index (Phi) is 7.41. The Morgan fingerprint density at radius 2 is 1.76 bits per heavy atom. The maximum Gasteiger partial charge on any atom is 0.310 e. The number of hydrogen-bond donors (Lipinski definition) is 2. The van der Waals surface area contributed by atoms with E-state index in [2.05, 4.69) is 0 Å². The molecule has 0 aliphatic heterocycles. The summed E-state index contributed by atoms with van der Waals surface area (Å²) < 4.78 is 28.0. The van der Waals surface area contributed by atoms with Gasteiger partial charge in [0.15, 0.2) is 5.78 Å². The van der Waals surface area contributed by atoms with Gasteiger partial charge >= 0.3 is 5.97 Å². The third kappa shape index (κ3) is 6.12. The minimum absolute atomic E-state index is 0.0551. The van der Waals surface area contributed by atoms with Gasteiger partial charge in [-0.05, 0) is 36.3 Å². The van der Waals surface area contributed by atoms with Crippen LogP contribution in [0.3, 0.4) is 0 Å². The van der Waals surface area contributed by atoms with Crippen molar-refractivity contribution in [2.45, 2.75) is 26.2 Å². The van der Waals surface area contributed by atoms with Crippen molar-refractivity contribution in [2.24, 2.45) is 0 Å². The average molecular weight is 470 g/mol. The van der Waals surface area contributed by atoms with Gasteiger partial charge in [-0.2, -0.15) is 0 Å². The highest BCUT2D eigenvalue weighted by Gasteiger charge is 2.24. The predicted molar refractivity (Wildman–Crippen MR) is 124 cm³/mol. The molecule has 9 heteroatoms. The molecular weight excluding hydrogens is 446 g/mol. The molecule has 172 valence electrons. The van der Waals surface area contributed by atoms with Crippen molar-refractivity contribution < 1.29 is 28.5 Å². The number of Topliss-reactive ketones (excluding diaryl/α,β-unsaturated/α-hetero) is 1. The quantitative estimate of drug-likeness (QED) is 0.333. The summed E-state index contributed by atoms with van der Waals surface area (Å²) in [6.07, 6.45) is -0.169. The Bertz CT molecular complexity index is 1230. The molecule has 1 aromatic heterocycles. The zero-order valence-corrected chi connectivity index (χ0v) is 19.1. The van der Waals surface area contributed by atoms with E-state index in [0.29, 0.717) is 22.9 Å². The number of carboxylic acid groups (broad SMARTS) is 1. The van der Waals surface area contributed by atoms with Gasteiger partial charge in [-0.25, -0.2) is 9.37 Å². The van der Waals surface area contributed by atoms with Crippen LogP contribution in [0.4, 0.5) is 4.39 Å². The number of hydrogen-bond acceptors (Lipinski definition) is 4. The third-order valence-corrected chi connectivity index (χ3v) is 6.24. The van der Waals surface area contributed by atoms with Crippen LogP contribution in [-0.4, -0.2) is 37.5 Å². The standard InChI is InChI=1S/C24H24FN2O5P/c1-16(2)23-21(12-13-33(31,32)15-20(28)14-22(29)30)27(19-10-8-18(25)9-11-19)24(26-23)17-6-4-3-5-7-17/h3-13,16H,14-15H2,1-2H3,(H,29,30)(H,31,32). The first-order chi connectivity index (χ1) is 15.6. The maximum absolute atomic E-state index is 13.6. The third-order valence-electron chi connectivity index (χ3n) is 4.82. The first-order valence-electron chi connectivity index (χ1n) is 10.3. The van der Waals surface area contributed by atoms with Crippen LogP contribution in [0, 0.1) is 5.82 Å². The van der Waals surface area contributed by atoms with Crippen LogP contribution in [0.2, 0.25) is 0 Å². The summed E-state index contributed by atoms with van der Waals surface area (Å²) in [7, 11) is -4.10. The molecular formula is C24H24FN2O5P. The molecule has 0 saturated heterocycles. The number of carbonyl (C=O) groups is 2. The van der Waals surface area contributed by atoms with Crippen LogP contribution >= 0.6 is 7.37 Å². The van der Waals surface area contributed by atoms with Gasteiger partial charge in [0.05, 0.1) is 17.5 Å². The second-order valence-electron chi connectivity index (χ2n) is 7.88. The van der Waals surface area contributed by atoms with E-state index >= 15 is 0 Å². The Morgan fingerprint density at radius 3 is 2.33 bits per heavy atom. The molecule has 2 aromatic carbocycles. The molecule has 1 unspecified atom stereocenters. The van der Waals surface area contributed by atoms with E-state index in [1.165, 1.54) is 18.2 Å². The van der Waals surface area contributed by atoms with Crippen molar-refractivity contribution in [3.8, 4) is 17.1 Å². The van der Waals surface area contributed by atoms with Crippen molar-refractivity contribution in [2.75, 3.05) is 6.16 Å². The normalized spacial score (nSPS) is 13.4. The number of aromatic nitrogens is 2. The maximum atomic E-state index is 13.6. The number of carboxylic acids is 1. The number of imidazole rings is 1. The molecule has 0 spiro atoms. The lowest BCUT2D eigenvalue weighted by Gasteiger charge is -2.12. The van der Waals surface area contributed by atoms with E-state index in [0.717, 1.165) is 11.4 Å². The molecule has 0 fully saturated rings. The topological polar surface area (TPSA) is 109 Å². The number of ketones is 1. The summed E-state index contributed by atoms with van der Waals surface area (Å²) in [4.78, 5) is 37.5. The first kappa shape index (κ1) is 24.3. The number of carbonyl (C=O) groups excluding carboxylic acids is 1. The summed E-state index contributed by atoms with van der Waals surface area (Å²) in [5, 5.41) is 8.73. The van der Waals surface area contributed by atoms with Crippen molar-refractivity contribution in [1.29, 1.82) is 0 Å². The van der Waals surface area contributed by atoms with Crippen LogP contribution in [0.25, 0.3) is 23.2 Å². The zero-order chi connectivity index (χ0) is 24.2. The van der Waals surface area contributed by atoms with Crippen LogP contribution in [0.5, 0.6) is 0 Å². The second-order valence-corrected chi connectivity index (χ2v) is 10.0. The van der Waals surface area contributed by atoms with Crippen molar-refractivity contribution >= 4 is 25.2 Å². The Hall–Kier alpha value is -3.35. The summed E-state index contributed by atoms with van der Waals surface area (Å²) in [6.45, 7) is 3.86. The monoisotopic (exact) mass is 470 g/mol. The zero-order valence-electron chi connectivity index (χ0n) is 18.2. The van der Waals surface area contributed by atoms with E-state index in [1.54, 1.807) is 16.7 Å². The first-order valence-corrected chi connectivity index (χ1v) is 12.2. The lowest BCUT2D eigenvalue weighted by molar-refractivity contribution is -0.139. The molecule has 1 heterocycles. The van der Waals surface area contributed by atoms with E-state index in [-0.39, 0.29) is 5.92 Å². The van der Waals surface area contributed by atoms with Crippen molar-refractivity contribution in [1.82, 2.24) is 9.55 Å². The number of rotatable bonds is 9. The summed E-state index contributed by atoms with van der Waals surface area (Å²) in [6, 6.07) is 15.1. The van der Waals surface area contributed by atoms with Gasteiger partial charge in [-0.1, -0.05) is 44.2 Å². The molecule has 0 aliphatic rings. The minimum Gasteiger partial charge on any atom is -0.481 e. The molecule has 0 bridgehead atoms. The lowest BCUT2D eigenvalue weighted by atomic mass is 10.1. The lowest BCUT2D eigenvalue weighted by Crippen LogP contribution is -2.10. The molecule has 0 saturated carbocycles. The molecule has 2 N–H and O–H groups in total. The molecule has 0 radical (unpaired) electrons. The van der Waals surface area contributed by atoms with E-state index in [9.17, 15) is 23.4 Å². The molecule has 0 aliphatic carbocycles. The van der Waals surface area contributed by atoms with Gasteiger partial charge < -0.3 is 10.00 Å². The summed E-state index contributed by atoms with van der Waals surface area (Å²) >= 11 is 0. The summed E-state index contributed by atoms with van der Waals surface area (Å²) in [5.41, 5.74) is 2.55. The van der Waals surface area contributed by atoms with Crippen LogP contribution in [-0.2, 0) is 14.2 Å². The van der Waals surface area contributed by atoms with Crippen molar-refractivity contribution in [3.05, 3.63) is 77.6 Å². The fourth-order valence-electron chi connectivity index (χ4n) is 3.38. The molecule has 1 atom stereocenters. The number of halogens is 1. The SMILES string of the molecule is CC(C)c1nc(-c2ccccc2)n(-c2ccc(F)cc2)c1C=CP(=O)(O)CC(=O)CC(=O)O. The number of aliphatic carboxylic acids is 1. The van der Waals surface area contributed by atoms with Gasteiger partial charge in [0.1, 0.15) is 18.1 Å². The van der Waals surface area contributed by atoms with Gasteiger partial charge in [-0.3, -0.25) is 18.7 Å². The Balaban J connectivity index is 2.15. The summed E-state index contributed by atoms with van der Waals surface area (Å²) in [5.74, 6) is -1.05. The van der Waals surface area contributed by atoms with E-state index in [1.807, 2.05) is 44.2 Å². The molecule has 0 amide bonds. The Labute approximate surface area is 190 Å². The van der Waals surface area contributed by atoms with Gasteiger partial charge in [0, 0.05) is 17.1 Å². The predicted octanol–water partition coefficient (Wildman–Crippen LogP) is 5.09. The average Bonchev–Trinajstić information content (AvgIpc) is 3.12. The fourth-order valence-corrected chi connectivity index (χ4v) is 4.48. The highest BCUT2D eigenvalue weighted by Crippen LogP contribution is 2.44. The smallest absolute Gasteiger partial charge is 0.310 e. The molecule has 7 nitrogen and oxygen atoms in total. The molecule has 3 rings (SSSR count). The highest BCUT2D eigenvalue weighted by atomic mass is 31.2.